The number of carbonyl (C=O) groups excluding carboxylic acids is 2. The van der Waals surface area contributed by atoms with Crippen molar-refractivity contribution in [3.63, 3.8) is 0 Å². The summed E-state index contributed by atoms with van der Waals surface area (Å²) in [6.07, 6.45) is 2.36. The third-order valence-corrected chi connectivity index (χ3v) is 2.30. The molecule has 0 aliphatic rings. The van der Waals surface area contributed by atoms with E-state index in [0.717, 1.165) is 6.26 Å². The number of nitrogens with one attached hydrogen (secondary N) is 1. The van der Waals surface area contributed by atoms with E-state index in [2.05, 4.69) is 10.1 Å². The minimum Gasteiger partial charge on any atom is -0.516 e. The third-order valence-electron chi connectivity index (χ3n) is 2.30. The van der Waals surface area contributed by atoms with E-state index in [1.807, 2.05) is 0 Å². The molecule has 0 saturated carbocycles. The van der Waals surface area contributed by atoms with Gasteiger partial charge in [0, 0.05) is 5.56 Å². The highest BCUT2D eigenvalue weighted by Crippen LogP contribution is 2.02. The Morgan fingerprint density at radius 3 is 2.61 bits per heavy atom. The fraction of sp³-hybridized carbons (Fsp3) is 0.231. The van der Waals surface area contributed by atoms with Gasteiger partial charge in [0.25, 0.3) is 5.91 Å². The van der Waals surface area contributed by atoms with Crippen molar-refractivity contribution in [2.45, 2.75) is 12.5 Å². The maximum atomic E-state index is 11.8. The number of ether oxygens (including phenoxy) is 1. The van der Waals surface area contributed by atoms with E-state index in [0.29, 0.717) is 5.56 Å². The van der Waals surface area contributed by atoms with Crippen molar-refractivity contribution in [1.29, 1.82) is 0 Å². The van der Waals surface area contributed by atoms with Gasteiger partial charge in [-0.1, -0.05) is 18.2 Å². The molecule has 0 aromatic heterocycles. The summed E-state index contributed by atoms with van der Waals surface area (Å²) < 4.78 is 4.58. The molecule has 0 aliphatic heterocycles. The number of methoxy groups -OCH3 is 1. The molecule has 0 aliphatic carbocycles. The predicted molar refractivity (Wildman–Crippen MR) is 66.1 cm³/mol. The minimum atomic E-state index is -0.814. The molecule has 1 rings (SSSR count). The lowest BCUT2D eigenvalue weighted by atomic mass is 10.1. The molecule has 0 heterocycles. The van der Waals surface area contributed by atoms with Crippen molar-refractivity contribution in [3.05, 3.63) is 48.2 Å². The molecule has 1 atom stereocenters. The standard InChI is InChI=1S/C13H15NO4/c1-18-13(17)11(8-5-9-15)14-12(16)10-6-3-2-4-7-10/h2-7,9,11,15H,8H2,1H3,(H,14,16)/t11-/m0/s1. The number of carbonyl (C=O) groups is 2. The average Bonchev–Trinajstić information content (AvgIpc) is 2.43. The Morgan fingerprint density at radius 2 is 2.06 bits per heavy atom. The molecule has 5 heteroatoms. The molecule has 5 nitrogen and oxygen atoms in total. The van der Waals surface area contributed by atoms with Gasteiger partial charge in [-0.15, -0.1) is 0 Å². The van der Waals surface area contributed by atoms with Gasteiger partial charge in [-0.3, -0.25) is 4.79 Å². The van der Waals surface area contributed by atoms with Crippen molar-refractivity contribution in [2.75, 3.05) is 7.11 Å². The van der Waals surface area contributed by atoms with Gasteiger partial charge < -0.3 is 15.2 Å². The van der Waals surface area contributed by atoms with Crippen LogP contribution in [0, 0.1) is 0 Å². The van der Waals surface area contributed by atoms with Crippen molar-refractivity contribution in [1.82, 2.24) is 5.32 Å². The van der Waals surface area contributed by atoms with Crippen LogP contribution in [0.15, 0.2) is 42.7 Å². The van der Waals surface area contributed by atoms with Gasteiger partial charge in [-0.2, -0.15) is 0 Å². The van der Waals surface area contributed by atoms with Crippen LogP contribution in [0.4, 0.5) is 0 Å². The Morgan fingerprint density at radius 1 is 1.39 bits per heavy atom. The lowest BCUT2D eigenvalue weighted by Crippen LogP contribution is -2.41. The van der Waals surface area contributed by atoms with Crippen LogP contribution in [-0.2, 0) is 9.53 Å². The Kier molecular flexibility index (Phi) is 5.44. The quantitative estimate of drug-likeness (QED) is 0.611. The molecule has 96 valence electrons. The summed E-state index contributed by atoms with van der Waals surface area (Å²) in [5.74, 6) is -0.922. The van der Waals surface area contributed by atoms with Gasteiger partial charge in [0.1, 0.15) is 6.04 Å². The van der Waals surface area contributed by atoms with Crippen LogP contribution in [0.5, 0.6) is 0 Å². The van der Waals surface area contributed by atoms with Crippen LogP contribution in [0.2, 0.25) is 0 Å². The number of esters is 1. The summed E-state index contributed by atoms with van der Waals surface area (Å²) in [6, 6.07) is 7.73. The number of benzene rings is 1. The molecule has 0 bridgehead atoms. The lowest BCUT2D eigenvalue weighted by Gasteiger charge is -2.14. The number of amides is 1. The van der Waals surface area contributed by atoms with Crippen molar-refractivity contribution in [2.24, 2.45) is 0 Å². The monoisotopic (exact) mass is 249 g/mol. The second kappa shape index (κ2) is 7.11. The highest BCUT2D eigenvalue weighted by Gasteiger charge is 2.20. The molecule has 2 N–H and O–H groups in total. The minimum absolute atomic E-state index is 0.168. The summed E-state index contributed by atoms with van der Waals surface area (Å²) in [5.41, 5.74) is 0.458. The number of rotatable bonds is 5. The molecule has 1 aromatic carbocycles. The number of aliphatic hydroxyl groups excluding tert-OH is 1. The molecule has 18 heavy (non-hydrogen) atoms. The Bertz CT molecular complexity index is 428. The SMILES string of the molecule is COC(=O)[C@H](CC=CO)NC(=O)c1ccccc1. The van der Waals surface area contributed by atoms with Crippen LogP contribution in [-0.4, -0.2) is 30.1 Å². The van der Waals surface area contributed by atoms with Crippen molar-refractivity contribution < 1.29 is 19.4 Å². The molecule has 0 fully saturated rings. The first-order valence-corrected chi connectivity index (χ1v) is 5.42. The maximum Gasteiger partial charge on any atom is 0.328 e. The van der Waals surface area contributed by atoms with Gasteiger partial charge in [-0.05, 0) is 24.6 Å². The van der Waals surface area contributed by atoms with Gasteiger partial charge >= 0.3 is 5.97 Å². The predicted octanol–water partition coefficient (Wildman–Crippen LogP) is 1.42. The highest BCUT2D eigenvalue weighted by atomic mass is 16.5. The summed E-state index contributed by atoms with van der Waals surface area (Å²) in [4.78, 5) is 23.3. The van der Waals surface area contributed by atoms with Crippen molar-refractivity contribution >= 4 is 11.9 Å². The van der Waals surface area contributed by atoms with Crippen LogP contribution in [0.25, 0.3) is 0 Å². The zero-order valence-corrected chi connectivity index (χ0v) is 10.00. The second-order valence-corrected chi connectivity index (χ2v) is 3.54. The van der Waals surface area contributed by atoms with E-state index in [9.17, 15) is 9.59 Å². The first kappa shape index (κ1) is 13.8. The molecular weight excluding hydrogens is 234 g/mol. The normalized spacial score (nSPS) is 12.1. The first-order valence-electron chi connectivity index (χ1n) is 5.42. The second-order valence-electron chi connectivity index (χ2n) is 3.54. The Balaban J connectivity index is 2.71. The molecule has 1 aromatic rings. The fourth-order valence-corrected chi connectivity index (χ4v) is 1.38. The number of hydrogen-bond acceptors (Lipinski definition) is 4. The van der Waals surface area contributed by atoms with Crippen LogP contribution < -0.4 is 5.32 Å². The number of aliphatic hydroxyl groups is 1. The van der Waals surface area contributed by atoms with Crippen LogP contribution in [0.3, 0.4) is 0 Å². The summed E-state index contributed by atoms with van der Waals surface area (Å²) in [6.45, 7) is 0. The molecule has 0 saturated heterocycles. The number of hydrogen-bond donors (Lipinski definition) is 2. The first-order chi connectivity index (χ1) is 8.69. The van der Waals surface area contributed by atoms with Gasteiger partial charge in [0.2, 0.25) is 0 Å². The van der Waals surface area contributed by atoms with E-state index in [4.69, 9.17) is 5.11 Å². The zero-order chi connectivity index (χ0) is 13.4. The molecule has 0 unspecified atom stereocenters. The van der Waals surface area contributed by atoms with Crippen LogP contribution in [0.1, 0.15) is 16.8 Å². The fourth-order valence-electron chi connectivity index (χ4n) is 1.38. The lowest BCUT2D eigenvalue weighted by molar-refractivity contribution is -0.142. The molecule has 0 radical (unpaired) electrons. The van der Waals surface area contributed by atoms with Crippen molar-refractivity contribution in [3.8, 4) is 0 Å². The van der Waals surface area contributed by atoms with Gasteiger partial charge in [0.05, 0.1) is 13.4 Å². The Labute approximate surface area is 105 Å². The van der Waals surface area contributed by atoms with Gasteiger partial charge in [-0.25, -0.2) is 4.79 Å². The van der Waals surface area contributed by atoms with Gasteiger partial charge in [0.15, 0.2) is 0 Å². The molecule has 1 amide bonds. The molecular formula is C13H15NO4. The van der Waals surface area contributed by atoms with E-state index < -0.39 is 12.0 Å². The maximum absolute atomic E-state index is 11.8. The zero-order valence-electron chi connectivity index (χ0n) is 10.00. The van der Waals surface area contributed by atoms with E-state index in [-0.39, 0.29) is 12.3 Å². The average molecular weight is 249 g/mol. The summed E-state index contributed by atoms with van der Waals surface area (Å²) >= 11 is 0. The summed E-state index contributed by atoms with van der Waals surface area (Å²) in [7, 11) is 1.24. The highest BCUT2D eigenvalue weighted by molar-refractivity contribution is 5.96. The smallest absolute Gasteiger partial charge is 0.328 e. The van der Waals surface area contributed by atoms with E-state index in [1.165, 1.54) is 13.2 Å². The largest absolute Gasteiger partial charge is 0.516 e. The molecule has 0 spiro atoms. The Hall–Kier alpha value is -2.30. The third kappa shape index (κ3) is 3.93. The van der Waals surface area contributed by atoms with E-state index >= 15 is 0 Å². The summed E-state index contributed by atoms with van der Waals surface area (Å²) in [5, 5.41) is 11.1. The van der Waals surface area contributed by atoms with E-state index in [1.54, 1.807) is 30.3 Å². The van der Waals surface area contributed by atoms with Crippen LogP contribution >= 0.6 is 0 Å². The topological polar surface area (TPSA) is 75.6 Å².